The molecule has 0 aliphatic rings. The molecule has 108 valence electrons. The molecule has 1 atom stereocenters. The number of hydrogen-bond donors (Lipinski definition) is 2. The van der Waals surface area contributed by atoms with Crippen molar-refractivity contribution < 1.29 is 0 Å². The summed E-state index contributed by atoms with van der Waals surface area (Å²) in [5, 5.41) is 4.89. The maximum Gasteiger partial charge on any atom is 0.138 e. The third-order valence-corrected chi connectivity index (χ3v) is 3.88. The summed E-state index contributed by atoms with van der Waals surface area (Å²) in [5.41, 5.74) is 3.75. The summed E-state index contributed by atoms with van der Waals surface area (Å²) in [6.45, 7) is 2.95. The zero-order chi connectivity index (χ0) is 14.5. The van der Waals surface area contributed by atoms with E-state index in [4.69, 9.17) is 17.4 Å². The molecule has 5 nitrogen and oxygen atoms in total. The molecular formula is C13H17BrClN5. The molecule has 0 bridgehead atoms. The van der Waals surface area contributed by atoms with Crippen LogP contribution in [0.15, 0.2) is 29.0 Å². The summed E-state index contributed by atoms with van der Waals surface area (Å²) in [6.07, 6.45) is 3.22. The van der Waals surface area contributed by atoms with E-state index < -0.39 is 0 Å². The fourth-order valence-corrected chi connectivity index (χ4v) is 2.88. The maximum atomic E-state index is 6.28. The SMILES string of the molecule is CCCn1ncnc1CC(NN)c1ccc(Br)cc1Cl. The molecule has 3 N–H and O–H groups in total. The number of halogens is 2. The fraction of sp³-hybridized carbons (Fsp3) is 0.385. The lowest BCUT2D eigenvalue weighted by Crippen LogP contribution is -2.30. The van der Waals surface area contributed by atoms with Crippen LogP contribution in [0.3, 0.4) is 0 Å². The minimum atomic E-state index is -0.101. The number of aromatic nitrogens is 3. The van der Waals surface area contributed by atoms with Gasteiger partial charge in [0.25, 0.3) is 0 Å². The van der Waals surface area contributed by atoms with Crippen LogP contribution in [0, 0.1) is 0 Å². The van der Waals surface area contributed by atoms with Crippen LogP contribution in [-0.2, 0) is 13.0 Å². The van der Waals surface area contributed by atoms with Crippen LogP contribution >= 0.6 is 27.5 Å². The summed E-state index contributed by atoms with van der Waals surface area (Å²) in [5.74, 6) is 6.57. The zero-order valence-electron chi connectivity index (χ0n) is 11.2. The number of nitrogens with one attached hydrogen (secondary N) is 1. The van der Waals surface area contributed by atoms with Crippen LogP contribution in [0.2, 0.25) is 5.02 Å². The quantitative estimate of drug-likeness (QED) is 0.615. The monoisotopic (exact) mass is 357 g/mol. The topological polar surface area (TPSA) is 68.8 Å². The van der Waals surface area contributed by atoms with Gasteiger partial charge < -0.3 is 0 Å². The molecule has 0 saturated heterocycles. The number of nitrogens with zero attached hydrogens (tertiary/aromatic N) is 3. The Balaban J connectivity index is 2.22. The summed E-state index contributed by atoms with van der Waals surface area (Å²) < 4.78 is 2.84. The van der Waals surface area contributed by atoms with Gasteiger partial charge >= 0.3 is 0 Å². The molecule has 7 heteroatoms. The van der Waals surface area contributed by atoms with Gasteiger partial charge in [-0.3, -0.25) is 16.0 Å². The molecule has 1 aromatic carbocycles. The molecule has 20 heavy (non-hydrogen) atoms. The van der Waals surface area contributed by atoms with E-state index in [1.54, 1.807) is 6.33 Å². The highest BCUT2D eigenvalue weighted by Crippen LogP contribution is 2.27. The Labute approximate surface area is 131 Å². The van der Waals surface area contributed by atoms with Crippen molar-refractivity contribution in [3.8, 4) is 0 Å². The highest BCUT2D eigenvalue weighted by Gasteiger charge is 2.17. The predicted octanol–water partition coefficient (Wildman–Crippen LogP) is 2.85. The van der Waals surface area contributed by atoms with E-state index in [1.165, 1.54) is 0 Å². The van der Waals surface area contributed by atoms with Crippen molar-refractivity contribution in [2.24, 2.45) is 5.84 Å². The average molecular weight is 359 g/mol. The number of aryl methyl sites for hydroxylation is 1. The molecule has 1 heterocycles. The Morgan fingerprint density at radius 3 is 2.95 bits per heavy atom. The lowest BCUT2D eigenvalue weighted by Gasteiger charge is -2.18. The Bertz CT molecular complexity index is 572. The van der Waals surface area contributed by atoms with Crippen molar-refractivity contribution in [2.45, 2.75) is 32.4 Å². The van der Waals surface area contributed by atoms with Gasteiger partial charge in [0.15, 0.2) is 0 Å². The Morgan fingerprint density at radius 2 is 2.30 bits per heavy atom. The first-order chi connectivity index (χ1) is 9.65. The van der Waals surface area contributed by atoms with Crippen molar-refractivity contribution in [2.75, 3.05) is 0 Å². The van der Waals surface area contributed by atoms with Crippen LogP contribution in [0.4, 0.5) is 0 Å². The highest BCUT2D eigenvalue weighted by atomic mass is 79.9. The zero-order valence-corrected chi connectivity index (χ0v) is 13.5. The van der Waals surface area contributed by atoms with Crippen LogP contribution in [0.1, 0.15) is 30.8 Å². The van der Waals surface area contributed by atoms with E-state index in [0.717, 1.165) is 28.8 Å². The molecule has 1 aromatic heterocycles. The van der Waals surface area contributed by atoms with Gasteiger partial charge in [-0.05, 0) is 24.1 Å². The molecule has 0 aliphatic heterocycles. The van der Waals surface area contributed by atoms with Crippen molar-refractivity contribution in [3.05, 3.63) is 45.4 Å². The maximum absolute atomic E-state index is 6.28. The Morgan fingerprint density at radius 1 is 1.50 bits per heavy atom. The first-order valence-electron chi connectivity index (χ1n) is 6.43. The van der Waals surface area contributed by atoms with E-state index in [-0.39, 0.29) is 6.04 Å². The molecule has 0 aliphatic carbocycles. The van der Waals surface area contributed by atoms with Gasteiger partial charge in [-0.2, -0.15) is 5.10 Å². The normalized spacial score (nSPS) is 12.6. The number of hydrogen-bond acceptors (Lipinski definition) is 4. The second kappa shape index (κ2) is 7.17. The molecule has 0 fully saturated rings. The summed E-state index contributed by atoms with van der Waals surface area (Å²) in [7, 11) is 0. The largest absolute Gasteiger partial charge is 0.271 e. The van der Waals surface area contributed by atoms with Crippen LogP contribution in [0.25, 0.3) is 0 Å². The summed E-state index contributed by atoms with van der Waals surface area (Å²) in [4.78, 5) is 4.30. The van der Waals surface area contributed by atoms with Gasteiger partial charge in [0.2, 0.25) is 0 Å². The predicted molar refractivity (Wildman–Crippen MR) is 83.2 cm³/mol. The van der Waals surface area contributed by atoms with Gasteiger partial charge in [0.05, 0.1) is 6.04 Å². The lowest BCUT2D eigenvalue weighted by molar-refractivity contribution is 0.499. The van der Waals surface area contributed by atoms with E-state index in [1.807, 2.05) is 22.9 Å². The first kappa shape index (κ1) is 15.4. The van der Waals surface area contributed by atoms with E-state index >= 15 is 0 Å². The van der Waals surface area contributed by atoms with E-state index in [0.29, 0.717) is 11.4 Å². The molecule has 1 unspecified atom stereocenters. The number of hydrazine groups is 1. The van der Waals surface area contributed by atoms with Crippen molar-refractivity contribution in [3.63, 3.8) is 0 Å². The second-order valence-corrected chi connectivity index (χ2v) is 5.81. The fourth-order valence-electron chi connectivity index (χ4n) is 2.07. The number of nitrogens with two attached hydrogens (primary N) is 1. The summed E-state index contributed by atoms with van der Waals surface area (Å²) in [6, 6.07) is 5.66. The second-order valence-electron chi connectivity index (χ2n) is 4.49. The molecule has 0 saturated carbocycles. The summed E-state index contributed by atoms with van der Waals surface area (Å²) >= 11 is 9.67. The lowest BCUT2D eigenvalue weighted by atomic mass is 10.0. The van der Waals surface area contributed by atoms with Crippen molar-refractivity contribution in [1.82, 2.24) is 20.2 Å². The van der Waals surface area contributed by atoms with Crippen LogP contribution < -0.4 is 11.3 Å². The van der Waals surface area contributed by atoms with Gasteiger partial charge in [0, 0.05) is 22.5 Å². The van der Waals surface area contributed by atoms with Crippen molar-refractivity contribution >= 4 is 27.5 Å². The first-order valence-corrected chi connectivity index (χ1v) is 7.60. The smallest absolute Gasteiger partial charge is 0.138 e. The average Bonchev–Trinajstić information content (AvgIpc) is 2.84. The molecule has 0 radical (unpaired) electrons. The van der Waals surface area contributed by atoms with E-state index in [9.17, 15) is 0 Å². The van der Waals surface area contributed by atoms with Crippen LogP contribution in [0.5, 0.6) is 0 Å². The number of benzene rings is 1. The Kier molecular flexibility index (Phi) is 5.54. The standard InChI is InChI=1S/C13H17BrClN5/c1-2-5-20-13(17-8-18-20)7-12(19-16)10-4-3-9(14)6-11(10)15/h3-4,6,8,12,19H,2,5,7,16H2,1H3. The highest BCUT2D eigenvalue weighted by molar-refractivity contribution is 9.10. The minimum absolute atomic E-state index is 0.101. The van der Waals surface area contributed by atoms with Gasteiger partial charge in [0.1, 0.15) is 12.2 Å². The van der Waals surface area contributed by atoms with E-state index in [2.05, 4.69) is 38.4 Å². The third kappa shape index (κ3) is 3.58. The third-order valence-electron chi connectivity index (χ3n) is 3.06. The van der Waals surface area contributed by atoms with Crippen LogP contribution in [-0.4, -0.2) is 14.8 Å². The number of rotatable bonds is 6. The molecule has 2 aromatic rings. The van der Waals surface area contributed by atoms with Crippen molar-refractivity contribution in [1.29, 1.82) is 0 Å². The molecule has 0 amide bonds. The van der Waals surface area contributed by atoms with Gasteiger partial charge in [-0.15, -0.1) is 0 Å². The Hall–Kier alpha value is -0.950. The minimum Gasteiger partial charge on any atom is -0.271 e. The van der Waals surface area contributed by atoms with Gasteiger partial charge in [-0.1, -0.05) is 40.5 Å². The molecule has 2 rings (SSSR count). The molecular weight excluding hydrogens is 342 g/mol. The molecule has 0 spiro atoms. The van der Waals surface area contributed by atoms with Gasteiger partial charge in [-0.25, -0.2) is 4.98 Å².